The molecule has 3 heterocycles. The number of aryl methyl sites for hydroxylation is 3. The van der Waals surface area contributed by atoms with E-state index in [0.717, 1.165) is 11.3 Å². The minimum absolute atomic E-state index is 0.0922. The zero-order valence-corrected chi connectivity index (χ0v) is 22.1. The van der Waals surface area contributed by atoms with E-state index in [0.29, 0.717) is 41.9 Å². The number of benzene rings is 1. The number of aliphatic hydroxyl groups is 1. The van der Waals surface area contributed by atoms with E-state index in [1.807, 2.05) is 0 Å². The van der Waals surface area contributed by atoms with E-state index in [-0.39, 0.29) is 16.5 Å². The van der Waals surface area contributed by atoms with Gasteiger partial charge in [-0.05, 0) is 39.0 Å². The van der Waals surface area contributed by atoms with Gasteiger partial charge in [0.25, 0.3) is 5.91 Å². The van der Waals surface area contributed by atoms with Gasteiger partial charge in [0.1, 0.15) is 11.8 Å². The molecular formula is C23H20BrN3O5S2. The van der Waals surface area contributed by atoms with Gasteiger partial charge in [0, 0.05) is 17.0 Å². The lowest BCUT2D eigenvalue weighted by molar-refractivity contribution is -0.117. The van der Waals surface area contributed by atoms with Gasteiger partial charge in [-0.1, -0.05) is 27.3 Å². The highest BCUT2D eigenvalue weighted by Crippen LogP contribution is 2.47. The average Bonchev–Trinajstić information content (AvgIpc) is 3.41. The van der Waals surface area contributed by atoms with Gasteiger partial charge in [-0.2, -0.15) is 0 Å². The molecule has 0 bridgehead atoms. The molecule has 1 amide bonds. The zero-order chi connectivity index (χ0) is 24.9. The van der Waals surface area contributed by atoms with Gasteiger partial charge >= 0.3 is 0 Å². The molecule has 11 heteroatoms. The van der Waals surface area contributed by atoms with Gasteiger partial charge < -0.3 is 9.84 Å². The lowest BCUT2D eigenvalue weighted by Crippen LogP contribution is -2.31. The molecule has 8 nitrogen and oxygen atoms in total. The standard InChI is InChI=1S/C23H20BrN3O5S2/c1-9-20(11(3)28)34-23(26-9)27-17(14-8-13(24)6-7-15(14)32-5)16(19(30)22(27)31)18(29)21-10(2)25-12(4)33-21/h6-8,17,30H,1-5H3. The van der Waals surface area contributed by atoms with Crippen molar-refractivity contribution in [1.29, 1.82) is 0 Å². The first kappa shape index (κ1) is 24.2. The Kier molecular flexibility index (Phi) is 6.45. The minimum atomic E-state index is -1.03. The van der Waals surface area contributed by atoms with E-state index in [1.165, 1.54) is 30.3 Å². The van der Waals surface area contributed by atoms with Crippen LogP contribution in [0.1, 0.15) is 54.3 Å². The summed E-state index contributed by atoms with van der Waals surface area (Å²) in [7, 11) is 1.48. The van der Waals surface area contributed by atoms with Crippen LogP contribution in [0.4, 0.5) is 5.13 Å². The molecule has 4 rings (SSSR count). The lowest BCUT2D eigenvalue weighted by Gasteiger charge is -2.26. The number of ketones is 2. The van der Waals surface area contributed by atoms with Crippen LogP contribution < -0.4 is 9.64 Å². The normalized spacial score (nSPS) is 15.9. The van der Waals surface area contributed by atoms with E-state index in [4.69, 9.17) is 4.74 Å². The van der Waals surface area contributed by atoms with Crippen molar-refractivity contribution < 1.29 is 24.2 Å². The Bertz CT molecular complexity index is 1390. The van der Waals surface area contributed by atoms with Crippen LogP contribution in [0.2, 0.25) is 0 Å². The fraction of sp³-hybridized carbons (Fsp3) is 0.261. The van der Waals surface area contributed by atoms with Crippen molar-refractivity contribution in [3.63, 3.8) is 0 Å². The maximum atomic E-state index is 13.7. The molecule has 34 heavy (non-hydrogen) atoms. The number of ether oxygens (including phenoxy) is 1. The molecule has 3 aromatic rings. The quantitative estimate of drug-likeness (QED) is 0.407. The Hall–Kier alpha value is -2.89. The molecule has 1 N–H and O–H groups in total. The molecule has 0 aliphatic carbocycles. The van der Waals surface area contributed by atoms with Gasteiger partial charge in [0.15, 0.2) is 16.7 Å². The monoisotopic (exact) mass is 561 g/mol. The Morgan fingerprint density at radius 2 is 1.79 bits per heavy atom. The van der Waals surface area contributed by atoms with Gasteiger partial charge in [-0.3, -0.25) is 19.3 Å². The molecule has 2 aromatic heterocycles. The molecule has 1 aliphatic heterocycles. The highest BCUT2D eigenvalue weighted by Gasteiger charge is 2.47. The van der Waals surface area contributed by atoms with Crippen molar-refractivity contribution in [1.82, 2.24) is 9.97 Å². The Morgan fingerprint density at radius 3 is 2.35 bits per heavy atom. The number of thiazole rings is 2. The van der Waals surface area contributed by atoms with E-state index in [9.17, 15) is 19.5 Å². The lowest BCUT2D eigenvalue weighted by atomic mass is 9.94. The summed E-state index contributed by atoms with van der Waals surface area (Å²) in [5, 5.41) is 11.9. The van der Waals surface area contributed by atoms with Crippen molar-refractivity contribution in [3.05, 3.63) is 65.7 Å². The Morgan fingerprint density at radius 1 is 1.12 bits per heavy atom. The number of aliphatic hydroxyl groups excluding tert-OH is 1. The second kappa shape index (κ2) is 9.05. The predicted octanol–water partition coefficient (Wildman–Crippen LogP) is 5.28. The molecule has 1 atom stereocenters. The molecule has 176 valence electrons. The molecule has 0 radical (unpaired) electrons. The predicted molar refractivity (Wildman–Crippen MR) is 133 cm³/mol. The number of hydrogen-bond donors (Lipinski definition) is 1. The smallest absolute Gasteiger partial charge is 0.296 e. The zero-order valence-electron chi connectivity index (χ0n) is 18.9. The number of rotatable bonds is 6. The third-order valence-corrected chi connectivity index (χ3v) is 8.18. The number of hydrogen-bond acceptors (Lipinski definition) is 9. The van der Waals surface area contributed by atoms with E-state index >= 15 is 0 Å². The fourth-order valence-electron chi connectivity index (χ4n) is 3.92. The van der Waals surface area contributed by atoms with Gasteiger partial charge in [-0.15, -0.1) is 11.3 Å². The minimum Gasteiger partial charge on any atom is -0.503 e. The van der Waals surface area contributed by atoms with Crippen LogP contribution in [0.25, 0.3) is 0 Å². The molecule has 1 aliphatic rings. The number of nitrogens with zero attached hydrogens (tertiary/aromatic N) is 3. The van der Waals surface area contributed by atoms with Crippen LogP contribution in [0.15, 0.2) is 34.0 Å². The first-order valence-electron chi connectivity index (χ1n) is 10.1. The molecule has 0 fully saturated rings. The van der Waals surface area contributed by atoms with Crippen LogP contribution >= 0.6 is 38.6 Å². The van der Waals surface area contributed by atoms with Crippen LogP contribution in [-0.2, 0) is 4.79 Å². The number of methoxy groups -OCH3 is 1. The van der Waals surface area contributed by atoms with Crippen molar-refractivity contribution in [2.45, 2.75) is 33.7 Å². The van der Waals surface area contributed by atoms with Crippen LogP contribution in [0, 0.1) is 20.8 Å². The number of amides is 1. The number of halogens is 1. The topological polar surface area (TPSA) is 110 Å². The highest BCUT2D eigenvalue weighted by molar-refractivity contribution is 9.10. The average molecular weight is 562 g/mol. The van der Waals surface area contributed by atoms with Crippen LogP contribution in [-0.4, -0.2) is 39.7 Å². The Labute approximate surface area is 212 Å². The van der Waals surface area contributed by atoms with Crippen molar-refractivity contribution in [2.75, 3.05) is 12.0 Å². The fourth-order valence-corrected chi connectivity index (χ4v) is 6.17. The molecule has 1 unspecified atom stereocenters. The van der Waals surface area contributed by atoms with E-state index in [2.05, 4.69) is 25.9 Å². The maximum absolute atomic E-state index is 13.7. The summed E-state index contributed by atoms with van der Waals surface area (Å²) in [6, 6.07) is 4.18. The van der Waals surface area contributed by atoms with E-state index < -0.39 is 23.5 Å². The van der Waals surface area contributed by atoms with Gasteiger partial charge in [0.2, 0.25) is 5.78 Å². The molecule has 1 aromatic carbocycles. The SMILES string of the molecule is COc1ccc(Br)cc1C1C(C(=O)c2sc(C)nc2C)=C(O)C(=O)N1c1nc(C)c(C(C)=O)s1. The second-order valence-corrected chi connectivity index (χ2v) is 10.8. The summed E-state index contributed by atoms with van der Waals surface area (Å²) < 4.78 is 6.23. The summed E-state index contributed by atoms with van der Waals surface area (Å²) >= 11 is 5.68. The number of carbonyl (C=O) groups is 3. The summed E-state index contributed by atoms with van der Waals surface area (Å²) in [5.74, 6) is -1.71. The van der Waals surface area contributed by atoms with E-state index in [1.54, 1.807) is 39.0 Å². The van der Waals surface area contributed by atoms with Crippen molar-refractivity contribution in [2.24, 2.45) is 0 Å². The van der Waals surface area contributed by atoms with Gasteiger partial charge in [0.05, 0.1) is 38.8 Å². The number of anilines is 1. The van der Waals surface area contributed by atoms with Crippen LogP contribution in [0.5, 0.6) is 5.75 Å². The number of aromatic nitrogens is 2. The summed E-state index contributed by atoms with van der Waals surface area (Å²) in [6.45, 7) is 6.59. The second-order valence-electron chi connectivity index (χ2n) is 7.67. The molecule has 0 saturated heterocycles. The summed E-state index contributed by atoms with van der Waals surface area (Å²) in [6.07, 6.45) is 0. The van der Waals surface area contributed by atoms with Crippen molar-refractivity contribution >= 4 is 61.2 Å². The molecule has 0 spiro atoms. The number of carbonyl (C=O) groups excluding carboxylic acids is 3. The van der Waals surface area contributed by atoms with Crippen molar-refractivity contribution in [3.8, 4) is 5.75 Å². The highest BCUT2D eigenvalue weighted by atomic mass is 79.9. The number of Topliss-reactive ketones (excluding diaryl/α,β-unsaturated/α-hetero) is 2. The van der Waals surface area contributed by atoms with Crippen LogP contribution in [0.3, 0.4) is 0 Å². The third-order valence-electron chi connectivity index (χ3n) is 5.36. The first-order chi connectivity index (χ1) is 16.0. The summed E-state index contributed by atoms with van der Waals surface area (Å²) in [5.41, 5.74) is 1.37. The first-order valence-corrected chi connectivity index (χ1v) is 12.5. The largest absolute Gasteiger partial charge is 0.503 e. The summed E-state index contributed by atoms with van der Waals surface area (Å²) in [4.78, 5) is 49.9. The third kappa shape index (κ3) is 3.97. The molecular weight excluding hydrogens is 542 g/mol. The Balaban J connectivity index is 1.97. The molecule has 0 saturated carbocycles. The maximum Gasteiger partial charge on any atom is 0.296 e. The van der Waals surface area contributed by atoms with Gasteiger partial charge in [-0.25, -0.2) is 9.97 Å².